The van der Waals surface area contributed by atoms with Crippen molar-refractivity contribution in [3.05, 3.63) is 29.8 Å². The summed E-state index contributed by atoms with van der Waals surface area (Å²) in [6, 6.07) is 6.44. The Labute approximate surface area is 114 Å². The quantitative estimate of drug-likeness (QED) is 0.531. The van der Waals surface area contributed by atoms with Gasteiger partial charge in [0.2, 0.25) is 5.91 Å². The van der Waals surface area contributed by atoms with Crippen molar-refractivity contribution in [1.82, 2.24) is 10.9 Å². The summed E-state index contributed by atoms with van der Waals surface area (Å²) < 4.78 is 0. The molecule has 1 aliphatic rings. The standard InChI is InChI=1S/C13H13N3O4/c1-7(17)8-3-2-4-9(5-8)14-11(18)6-10-12(19)15-16-13(10)20/h2-5,10H,6H2,1H3,(H,14,18)(H,15,19)(H,16,20). The Morgan fingerprint density at radius 2 is 1.85 bits per heavy atom. The fourth-order valence-corrected chi connectivity index (χ4v) is 1.82. The maximum Gasteiger partial charge on any atom is 0.251 e. The minimum absolute atomic E-state index is 0.115. The van der Waals surface area contributed by atoms with Gasteiger partial charge in [-0.3, -0.25) is 30.0 Å². The van der Waals surface area contributed by atoms with E-state index in [0.29, 0.717) is 11.3 Å². The molecule has 0 aromatic heterocycles. The number of benzene rings is 1. The monoisotopic (exact) mass is 275 g/mol. The van der Waals surface area contributed by atoms with Gasteiger partial charge >= 0.3 is 0 Å². The van der Waals surface area contributed by atoms with E-state index in [9.17, 15) is 19.2 Å². The van der Waals surface area contributed by atoms with Crippen molar-refractivity contribution in [2.75, 3.05) is 5.32 Å². The van der Waals surface area contributed by atoms with Gasteiger partial charge in [-0.2, -0.15) is 0 Å². The fraction of sp³-hybridized carbons (Fsp3) is 0.231. The van der Waals surface area contributed by atoms with Gasteiger partial charge < -0.3 is 5.32 Å². The van der Waals surface area contributed by atoms with Crippen molar-refractivity contribution < 1.29 is 19.2 Å². The topological polar surface area (TPSA) is 104 Å². The average molecular weight is 275 g/mol. The molecule has 7 heteroatoms. The molecule has 0 spiro atoms. The van der Waals surface area contributed by atoms with Crippen LogP contribution in [0.5, 0.6) is 0 Å². The lowest BCUT2D eigenvalue weighted by Crippen LogP contribution is -2.28. The first-order valence-corrected chi connectivity index (χ1v) is 5.98. The Morgan fingerprint density at radius 1 is 1.20 bits per heavy atom. The van der Waals surface area contributed by atoms with Gasteiger partial charge in [0, 0.05) is 17.7 Å². The van der Waals surface area contributed by atoms with Crippen LogP contribution in [0.1, 0.15) is 23.7 Å². The predicted octanol–water partition coefficient (Wildman–Crippen LogP) is -0.00500. The Balaban J connectivity index is 2.01. The van der Waals surface area contributed by atoms with Gasteiger partial charge in [-0.15, -0.1) is 0 Å². The van der Waals surface area contributed by atoms with Crippen LogP contribution in [0.25, 0.3) is 0 Å². The SMILES string of the molecule is CC(=O)c1cccc(NC(=O)CC2C(=O)NNC2=O)c1. The normalized spacial score (nSPS) is 14.7. The van der Waals surface area contributed by atoms with Crippen LogP contribution >= 0.6 is 0 Å². The number of carbonyl (C=O) groups is 4. The summed E-state index contributed by atoms with van der Waals surface area (Å²) in [7, 11) is 0. The zero-order valence-electron chi connectivity index (χ0n) is 10.7. The lowest BCUT2D eigenvalue weighted by atomic mass is 10.0. The average Bonchev–Trinajstić information content (AvgIpc) is 2.71. The number of hydrogen-bond donors (Lipinski definition) is 3. The molecule has 1 aliphatic heterocycles. The number of carbonyl (C=O) groups excluding carboxylic acids is 4. The molecule has 0 atom stereocenters. The number of Topliss-reactive ketones (excluding diaryl/α,β-unsaturated/α-hetero) is 1. The molecule has 104 valence electrons. The summed E-state index contributed by atoms with van der Waals surface area (Å²) >= 11 is 0. The lowest BCUT2D eigenvalue weighted by molar-refractivity contribution is -0.131. The zero-order chi connectivity index (χ0) is 14.7. The summed E-state index contributed by atoms with van der Waals surface area (Å²) in [6.45, 7) is 1.42. The zero-order valence-corrected chi connectivity index (χ0v) is 10.7. The van der Waals surface area contributed by atoms with Crippen LogP contribution in [0.15, 0.2) is 24.3 Å². The maximum atomic E-state index is 11.8. The van der Waals surface area contributed by atoms with E-state index in [0.717, 1.165) is 0 Å². The largest absolute Gasteiger partial charge is 0.326 e. The summed E-state index contributed by atoms with van der Waals surface area (Å²) in [5.74, 6) is -2.66. The number of ketones is 1. The van der Waals surface area contributed by atoms with Gasteiger partial charge in [0.15, 0.2) is 5.78 Å². The number of anilines is 1. The van der Waals surface area contributed by atoms with Crippen LogP contribution in [0.2, 0.25) is 0 Å². The molecule has 2 rings (SSSR count). The van der Waals surface area contributed by atoms with Gasteiger partial charge in [0.05, 0.1) is 0 Å². The third kappa shape index (κ3) is 3.00. The number of hydrogen-bond acceptors (Lipinski definition) is 4. The van der Waals surface area contributed by atoms with Crippen LogP contribution in [-0.2, 0) is 14.4 Å². The van der Waals surface area contributed by atoms with Gasteiger partial charge in [-0.05, 0) is 19.1 Å². The van der Waals surface area contributed by atoms with Crippen LogP contribution in [0, 0.1) is 5.92 Å². The molecule has 0 unspecified atom stereocenters. The van der Waals surface area contributed by atoms with Crippen LogP contribution in [-0.4, -0.2) is 23.5 Å². The van der Waals surface area contributed by atoms with Gasteiger partial charge in [-0.1, -0.05) is 12.1 Å². The van der Waals surface area contributed by atoms with E-state index >= 15 is 0 Å². The second-order valence-electron chi connectivity index (χ2n) is 4.42. The highest BCUT2D eigenvalue weighted by atomic mass is 16.2. The second-order valence-corrected chi connectivity index (χ2v) is 4.42. The van der Waals surface area contributed by atoms with Gasteiger partial charge in [-0.25, -0.2) is 0 Å². The van der Waals surface area contributed by atoms with Crippen LogP contribution in [0.3, 0.4) is 0 Å². The Morgan fingerprint density at radius 3 is 2.45 bits per heavy atom. The first-order chi connectivity index (χ1) is 9.47. The van der Waals surface area contributed by atoms with Crippen molar-refractivity contribution >= 4 is 29.2 Å². The van der Waals surface area contributed by atoms with Gasteiger partial charge in [0.1, 0.15) is 5.92 Å². The van der Waals surface area contributed by atoms with Crippen molar-refractivity contribution in [1.29, 1.82) is 0 Å². The molecule has 20 heavy (non-hydrogen) atoms. The molecule has 3 N–H and O–H groups in total. The molecule has 0 aliphatic carbocycles. The number of rotatable bonds is 4. The molecule has 1 heterocycles. The Bertz CT molecular complexity index is 581. The molecule has 7 nitrogen and oxygen atoms in total. The fourth-order valence-electron chi connectivity index (χ4n) is 1.82. The Hall–Kier alpha value is -2.70. The van der Waals surface area contributed by atoms with E-state index in [2.05, 4.69) is 16.2 Å². The maximum absolute atomic E-state index is 11.8. The minimum atomic E-state index is -1.02. The van der Waals surface area contributed by atoms with E-state index in [1.54, 1.807) is 18.2 Å². The molecule has 1 aromatic rings. The van der Waals surface area contributed by atoms with E-state index < -0.39 is 23.6 Å². The molecule has 0 saturated carbocycles. The third-order valence-corrected chi connectivity index (χ3v) is 2.88. The minimum Gasteiger partial charge on any atom is -0.326 e. The van der Waals surface area contributed by atoms with Crippen LogP contribution < -0.4 is 16.2 Å². The highest BCUT2D eigenvalue weighted by molar-refractivity contribution is 6.09. The van der Waals surface area contributed by atoms with E-state index in [1.165, 1.54) is 13.0 Å². The first kappa shape index (κ1) is 13.7. The number of nitrogens with one attached hydrogen (secondary N) is 3. The molecule has 0 radical (unpaired) electrons. The van der Waals surface area contributed by atoms with E-state index in [1.807, 2.05) is 0 Å². The lowest BCUT2D eigenvalue weighted by Gasteiger charge is -2.07. The summed E-state index contributed by atoms with van der Waals surface area (Å²) in [4.78, 5) is 45.6. The number of hydrazine groups is 1. The molecular formula is C13H13N3O4. The van der Waals surface area contributed by atoms with Crippen molar-refractivity contribution in [2.24, 2.45) is 5.92 Å². The summed E-state index contributed by atoms with van der Waals surface area (Å²) in [6.07, 6.45) is -0.248. The molecule has 1 aromatic carbocycles. The highest BCUT2D eigenvalue weighted by Crippen LogP contribution is 2.14. The highest BCUT2D eigenvalue weighted by Gasteiger charge is 2.34. The Kier molecular flexibility index (Phi) is 3.79. The van der Waals surface area contributed by atoms with E-state index in [-0.39, 0.29) is 12.2 Å². The van der Waals surface area contributed by atoms with Crippen molar-refractivity contribution in [2.45, 2.75) is 13.3 Å². The number of amides is 3. The second kappa shape index (κ2) is 5.52. The molecule has 3 amide bonds. The van der Waals surface area contributed by atoms with Gasteiger partial charge in [0.25, 0.3) is 11.8 Å². The predicted molar refractivity (Wildman–Crippen MR) is 69.5 cm³/mol. The summed E-state index contributed by atoms with van der Waals surface area (Å²) in [5.41, 5.74) is 5.22. The third-order valence-electron chi connectivity index (χ3n) is 2.88. The van der Waals surface area contributed by atoms with Crippen LogP contribution in [0.4, 0.5) is 5.69 Å². The van der Waals surface area contributed by atoms with E-state index in [4.69, 9.17) is 0 Å². The smallest absolute Gasteiger partial charge is 0.251 e. The molecule has 1 saturated heterocycles. The van der Waals surface area contributed by atoms with Crippen molar-refractivity contribution in [3.8, 4) is 0 Å². The molecular weight excluding hydrogens is 262 g/mol. The molecule has 0 bridgehead atoms. The van der Waals surface area contributed by atoms with Crippen molar-refractivity contribution in [3.63, 3.8) is 0 Å². The first-order valence-electron chi connectivity index (χ1n) is 5.98. The summed E-state index contributed by atoms with van der Waals surface area (Å²) in [5, 5.41) is 2.55. The molecule has 1 fully saturated rings.